The number of hydrogen-bond acceptors (Lipinski definition) is 8. The first-order valence-electron chi connectivity index (χ1n) is 9.14. The van der Waals surface area contributed by atoms with E-state index >= 15 is 0 Å². The second-order valence-electron chi connectivity index (χ2n) is 6.75. The smallest absolute Gasteiger partial charge is 0.171 e. The van der Waals surface area contributed by atoms with Crippen LogP contribution < -0.4 is 9.62 Å². The van der Waals surface area contributed by atoms with E-state index in [4.69, 9.17) is 9.84 Å². The predicted molar refractivity (Wildman–Crippen MR) is 117 cm³/mol. The summed E-state index contributed by atoms with van der Waals surface area (Å²) >= 11 is 1.13. The molecule has 156 valence electrons. The highest BCUT2D eigenvalue weighted by Gasteiger charge is 2.29. The lowest BCUT2D eigenvalue weighted by atomic mass is 10.1. The molecule has 0 saturated carbocycles. The number of nitrogens with one attached hydrogen (secondary N) is 1. The van der Waals surface area contributed by atoms with Crippen molar-refractivity contribution in [2.45, 2.75) is 24.9 Å². The lowest BCUT2D eigenvalue weighted by molar-refractivity contribution is -0.168. The number of aliphatic hydroxyl groups is 3. The fraction of sp³-hybridized carbons (Fsp3) is 0.381. The van der Waals surface area contributed by atoms with Crippen molar-refractivity contribution < 1.29 is 20.1 Å². The summed E-state index contributed by atoms with van der Waals surface area (Å²) in [6.45, 7) is 0.123. The Morgan fingerprint density at radius 3 is 2.59 bits per heavy atom. The van der Waals surface area contributed by atoms with Gasteiger partial charge in [0.05, 0.1) is 18.8 Å². The highest BCUT2D eigenvalue weighted by Crippen LogP contribution is 2.25. The average Bonchev–Trinajstić information content (AvgIpc) is 2.74. The van der Waals surface area contributed by atoms with Crippen LogP contribution in [0, 0.1) is 11.3 Å². The van der Waals surface area contributed by atoms with Gasteiger partial charge in [0, 0.05) is 26.9 Å². The molecule has 0 spiro atoms. The van der Waals surface area contributed by atoms with Crippen LogP contribution in [-0.2, 0) is 4.74 Å². The van der Waals surface area contributed by atoms with E-state index in [1.165, 1.54) is 0 Å². The molecule has 8 heteroatoms. The van der Waals surface area contributed by atoms with Gasteiger partial charge in [-0.05, 0) is 59.0 Å². The van der Waals surface area contributed by atoms with Crippen molar-refractivity contribution in [3.8, 4) is 6.07 Å². The molecule has 1 heterocycles. The number of ether oxygens (including phenoxy) is 1. The lowest BCUT2D eigenvalue weighted by Gasteiger charge is -2.30. The summed E-state index contributed by atoms with van der Waals surface area (Å²) in [5.74, 6) is 0. The van der Waals surface area contributed by atoms with Crippen molar-refractivity contribution in [3.63, 3.8) is 0 Å². The molecule has 0 aromatic heterocycles. The normalized spacial score (nSPS) is 21.8. The van der Waals surface area contributed by atoms with E-state index in [0.29, 0.717) is 11.3 Å². The van der Waals surface area contributed by atoms with Gasteiger partial charge in [-0.15, -0.1) is 0 Å². The number of nitrogens with zero attached hydrogens (tertiary/aromatic N) is 2. The molecule has 3 unspecified atom stereocenters. The van der Waals surface area contributed by atoms with Crippen molar-refractivity contribution in [1.29, 1.82) is 5.26 Å². The number of anilines is 1. The second-order valence-corrected chi connectivity index (χ2v) is 7.63. The topological polar surface area (TPSA) is 109 Å². The third kappa shape index (κ3) is 6.44. The Bertz CT molecular complexity index is 882. The number of aliphatic hydroxyl groups excluding tert-OH is 3. The Morgan fingerprint density at radius 2 is 1.90 bits per heavy atom. The Balaban J connectivity index is 0.00000145. The fourth-order valence-electron chi connectivity index (χ4n) is 2.90. The molecule has 0 aliphatic carbocycles. The summed E-state index contributed by atoms with van der Waals surface area (Å²) in [5.41, 5.74) is 2.06. The third-order valence-electron chi connectivity index (χ3n) is 4.42. The van der Waals surface area contributed by atoms with Gasteiger partial charge in [-0.1, -0.05) is 18.2 Å². The first kappa shape index (κ1) is 23.2. The summed E-state index contributed by atoms with van der Waals surface area (Å²) < 4.78 is 8.10. The molecule has 2 aromatic carbocycles. The molecule has 0 amide bonds. The van der Waals surface area contributed by atoms with E-state index in [1.54, 1.807) is 6.08 Å². The number of hydrogen-bond donors (Lipinski definition) is 4. The van der Waals surface area contributed by atoms with Crippen LogP contribution in [0.4, 0.5) is 5.69 Å². The van der Waals surface area contributed by atoms with E-state index in [9.17, 15) is 15.5 Å². The van der Waals surface area contributed by atoms with Crippen molar-refractivity contribution in [2.24, 2.45) is 0 Å². The summed E-state index contributed by atoms with van der Waals surface area (Å²) in [5, 5.41) is 38.1. The van der Waals surface area contributed by atoms with Gasteiger partial charge in [0.25, 0.3) is 0 Å². The number of nitriles is 1. The molecule has 7 nitrogen and oxygen atoms in total. The van der Waals surface area contributed by atoms with Crippen molar-refractivity contribution in [1.82, 2.24) is 4.72 Å². The van der Waals surface area contributed by atoms with Crippen LogP contribution in [0.2, 0.25) is 0 Å². The minimum atomic E-state index is -0.993. The molecule has 1 aliphatic heterocycles. The highest BCUT2D eigenvalue weighted by atomic mass is 32.2. The van der Waals surface area contributed by atoms with Gasteiger partial charge in [-0.2, -0.15) is 5.26 Å². The lowest BCUT2D eigenvalue weighted by Crippen LogP contribution is -2.46. The van der Waals surface area contributed by atoms with E-state index in [1.807, 2.05) is 32.3 Å². The summed E-state index contributed by atoms with van der Waals surface area (Å²) in [7, 11) is 5.02. The van der Waals surface area contributed by atoms with Crippen molar-refractivity contribution in [3.05, 3.63) is 46.9 Å². The van der Waals surface area contributed by atoms with E-state index in [0.717, 1.165) is 41.1 Å². The van der Waals surface area contributed by atoms with Crippen LogP contribution >= 0.6 is 11.9 Å². The largest absolute Gasteiger partial charge is 0.400 e. The number of benzene rings is 2. The van der Waals surface area contributed by atoms with Crippen LogP contribution in [0.1, 0.15) is 12.0 Å². The van der Waals surface area contributed by atoms with E-state index in [-0.39, 0.29) is 6.61 Å². The van der Waals surface area contributed by atoms with Crippen LogP contribution in [-0.4, -0.2) is 61.6 Å². The zero-order valence-electron chi connectivity index (χ0n) is 16.7. The van der Waals surface area contributed by atoms with Gasteiger partial charge in [0.2, 0.25) is 0 Å². The van der Waals surface area contributed by atoms with Crippen molar-refractivity contribution in [2.75, 3.05) is 32.7 Å². The Kier molecular flexibility index (Phi) is 8.92. The Morgan fingerprint density at radius 1 is 1.21 bits per heavy atom. The van der Waals surface area contributed by atoms with Gasteiger partial charge in [0.1, 0.15) is 11.0 Å². The molecule has 29 heavy (non-hydrogen) atoms. The molecule has 1 saturated heterocycles. The average molecular weight is 418 g/mol. The quantitative estimate of drug-likeness (QED) is 0.433. The van der Waals surface area contributed by atoms with Crippen molar-refractivity contribution >= 4 is 34.5 Å². The molecular weight excluding hydrogens is 390 g/mol. The SMILES string of the molecule is CN(C)c1ccc2cc(/C=C(\C#N)SNC3CC(O)COC3O)ccc2c1.CO. The molecule has 3 atom stereocenters. The molecule has 1 aliphatic rings. The number of rotatable bonds is 5. The predicted octanol–water partition coefficient (Wildman–Crippen LogP) is 2.08. The zero-order valence-corrected chi connectivity index (χ0v) is 17.6. The molecule has 3 rings (SSSR count). The fourth-order valence-corrected chi connectivity index (χ4v) is 3.64. The maximum Gasteiger partial charge on any atom is 0.171 e. The van der Waals surface area contributed by atoms with Crippen LogP contribution in [0.5, 0.6) is 0 Å². The Hall–Kier alpha value is -2.12. The van der Waals surface area contributed by atoms with Gasteiger partial charge < -0.3 is 25.0 Å². The molecule has 0 radical (unpaired) electrons. The molecule has 2 aromatic rings. The van der Waals surface area contributed by atoms with Crippen LogP contribution in [0.25, 0.3) is 16.8 Å². The van der Waals surface area contributed by atoms with Crippen LogP contribution in [0.15, 0.2) is 41.3 Å². The second kappa shape index (κ2) is 11.2. The third-order valence-corrected chi connectivity index (χ3v) is 5.27. The Labute approximate surface area is 175 Å². The maximum absolute atomic E-state index is 9.83. The molecule has 4 N–H and O–H groups in total. The molecule has 0 bridgehead atoms. The zero-order chi connectivity index (χ0) is 21.4. The maximum atomic E-state index is 9.83. The van der Waals surface area contributed by atoms with Gasteiger partial charge >= 0.3 is 0 Å². The monoisotopic (exact) mass is 417 g/mol. The first-order chi connectivity index (χ1) is 14.0. The summed E-state index contributed by atoms with van der Waals surface area (Å²) in [4.78, 5) is 2.52. The molecular formula is C21H27N3O4S. The highest BCUT2D eigenvalue weighted by molar-refractivity contribution is 8.01. The van der Waals surface area contributed by atoms with Gasteiger partial charge in [0.15, 0.2) is 6.29 Å². The van der Waals surface area contributed by atoms with Gasteiger partial charge in [-0.25, -0.2) is 0 Å². The van der Waals surface area contributed by atoms with Gasteiger partial charge in [-0.3, -0.25) is 4.72 Å². The standard InChI is InChI=1S/C20H23N3O3S.CH4O/c1-23(2)16-6-5-14-7-13(3-4-15(14)9-16)8-18(11-21)27-22-19-10-17(24)12-26-20(19)25;1-2/h3-9,17,19-20,22,24-25H,10,12H2,1-2H3;2H,1H3/b18-8+;. The van der Waals surface area contributed by atoms with E-state index < -0.39 is 18.4 Å². The first-order valence-corrected chi connectivity index (χ1v) is 9.95. The minimum absolute atomic E-state index is 0.123. The number of allylic oxidation sites excluding steroid dienone is 1. The van der Waals surface area contributed by atoms with Crippen LogP contribution in [0.3, 0.4) is 0 Å². The van der Waals surface area contributed by atoms with E-state index in [2.05, 4.69) is 33.9 Å². The summed E-state index contributed by atoms with van der Waals surface area (Å²) in [6.07, 6.45) is 0.557. The molecule has 1 fully saturated rings. The summed E-state index contributed by atoms with van der Waals surface area (Å²) in [6, 6.07) is 14.0. The number of fused-ring (bicyclic) bond motifs is 1. The minimum Gasteiger partial charge on any atom is -0.400 e.